The summed E-state index contributed by atoms with van der Waals surface area (Å²) in [6.07, 6.45) is 0. The zero-order valence-electron chi connectivity index (χ0n) is 12.6. The van der Waals surface area contributed by atoms with Crippen LogP contribution >= 0.6 is 0 Å². The maximum atomic E-state index is 12.9. The van der Waals surface area contributed by atoms with Crippen molar-refractivity contribution in [2.24, 2.45) is 0 Å². The Bertz CT molecular complexity index is 617. The Kier molecular flexibility index (Phi) is 5.36. The van der Waals surface area contributed by atoms with Crippen molar-refractivity contribution in [1.82, 2.24) is 0 Å². The number of carbonyl (C=O) groups is 1. The molecule has 5 heteroatoms. The molecule has 0 saturated heterocycles. The summed E-state index contributed by atoms with van der Waals surface area (Å²) in [7, 11) is 0. The van der Waals surface area contributed by atoms with Gasteiger partial charge in [-0.2, -0.15) is 0 Å². The van der Waals surface area contributed by atoms with Crippen molar-refractivity contribution >= 4 is 11.6 Å². The molecule has 4 nitrogen and oxygen atoms in total. The average molecular weight is 303 g/mol. The molecule has 116 valence electrons. The molecule has 0 bridgehead atoms. The number of rotatable bonds is 6. The van der Waals surface area contributed by atoms with E-state index in [4.69, 9.17) is 9.47 Å². The van der Waals surface area contributed by atoms with Crippen LogP contribution in [0.1, 0.15) is 24.2 Å². The smallest absolute Gasteiger partial charge is 0.255 e. The van der Waals surface area contributed by atoms with Crippen LogP contribution in [0.2, 0.25) is 0 Å². The van der Waals surface area contributed by atoms with Crippen LogP contribution in [-0.2, 0) is 0 Å². The predicted molar refractivity (Wildman–Crippen MR) is 83.1 cm³/mol. The molecule has 2 aromatic rings. The highest BCUT2D eigenvalue weighted by atomic mass is 19.1. The standard InChI is InChI=1S/C17H18FNO3/c1-3-21-15-9-12(10-16(11-15)22-4-2)17(20)19-14-7-5-13(18)6-8-14/h5-11H,3-4H2,1-2H3,(H,19,20). The Labute approximate surface area is 128 Å². The number of halogens is 1. The van der Waals surface area contributed by atoms with E-state index in [-0.39, 0.29) is 11.7 Å². The second-order valence-corrected chi connectivity index (χ2v) is 4.52. The predicted octanol–water partition coefficient (Wildman–Crippen LogP) is 3.88. The van der Waals surface area contributed by atoms with Gasteiger partial charge < -0.3 is 14.8 Å². The van der Waals surface area contributed by atoms with Gasteiger partial charge in [-0.15, -0.1) is 0 Å². The highest BCUT2D eigenvalue weighted by molar-refractivity contribution is 6.04. The monoisotopic (exact) mass is 303 g/mol. The van der Waals surface area contributed by atoms with Crippen LogP contribution in [0.15, 0.2) is 42.5 Å². The molecule has 0 atom stereocenters. The van der Waals surface area contributed by atoms with Crippen molar-refractivity contribution in [3.05, 3.63) is 53.8 Å². The van der Waals surface area contributed by atoms with E-state index in [1.54, 1.807) is 18.2 Å². The number of hydrogen-bond donors (Lipinski definition) is 1. The largest absolute Gasteiger partial charge is 0.494 e. The van der Waals surface area contributed by atoms with Gasteiger partial charge in [-0.25, -0.2) is 4.39 Å². The minimum Gasteiger partial charge on any atom is -0.494 e. The minimum atomic E-state index is -0.352. The lowest BCUT2D eigenvalue weighted by Crippen LogP contribution is -2.12. The summed E-state index contributed by atoms with van der Waals surface area (Å²) < 4.78 is 23.8. The third kappa shape index (κ3) is 4.22. The first-order chi connectivity index (χ1) is 10.6. The van der Waals surface area contributed by atoms with Gasteiger partial charge in [-0.3, -0.25) is 4.79 Å². The molecule has 2 aromatic carbocycles. The minimum absolute atomic E-state index is 0.311. The van der Waals surface area contributed by atoms with E-state index in [1.165, 1.54) is 24.3 Å². The summed E-state index contributed by atoms with van der Waals surface area (Å²) in [5.41, 5.74) is 0.935. The van der Waals surface area contributed by atoms with Crippen molar-refractivity contribution in [2.45, 2.75) is 13.8 Å². The van der Waals surface area contributed by atoms with Crippen LogP contribution < -0.4 is 14.8 Å². The molecule has 0 aliphatic heterocycles. The van der Waals surface area contributed by atoms with Gasteiger partial charge >= 0.3 is 0 Å². The first-order valence-electron chi connectivity index (χ1n) is 7.10. The zero-order valence-corrected chi connectivity index (χ0v) is 12.6. The molecule has 1 amide bonds. The summed E-state index contributed by atoms with van der Waals surface area (Å²) in [6, 6.07) is 10.6. The lowest BCUT2D eigenvalue weighted by molar-refractivity contribution is 0.102. The van der Waals surface area contributed by atoms with Crippen LogP contribution in [-0.4, -0.2) is 19.1 Å². The molecule has 1 N–H and O–H groups in total. The van der Waals surface area contributed by atoms with Crippen molar-refractivity contribution in [2.75, 3.05) is 18.5 Å². The quantitative estimate of drug-likeness (QED) is 0.881. The molecule has 0 aromatic heterocycles. The number of nitrogens with one attached hydrogen (secondary N) is 1. The van der Waals surface area contributed by atoms with Gasteiger partial charge in [0, 0.05) is 17.3 Å². The zero-order chi connectivity index (χ0) is 15.9. The van der Waals surface area contributed by atoms with E-state index >= 15 is 0 Å². The molecular formula is C17H18FNO3. The molecule has 0 aliphatic rings. The first kappa shape index (κ1) is 15.8. The van der Waals surface area contributed by atoms with Gasteiger partial charge in [0.1, 0.15) is 17.3 Å². The van der Waals surface area contributed by atoms with Crippen LogP contribution in [0, 0.1) is 5.82 Å². The van der Waals surface area contributed by atoms with Gasteiger partial charge in [0.15, 0.2) is 0 Å². The topological polar surface area (TPSA) is 47.6 Å². The molecule has 22 heavy (non-hydrogen) atoms. The summed E-state index contributed by atoms with van der Waals surface area (Å²) in [5.74, 6) is 0.472. The van der Waals surface area contributed by atoms with Crippen molar-refractivity contribution in [3.8, 4) is 11.5 Å². The fraction of sp³-hybridized carbons (Fsp3) is 0.235. The van der Waals surface area contributed by atoms with Crippen molar-refractivity contribution < 1.29 is 18.7 Å². The molecule has 0 aliphatic carbocycles. The van der Waals surface area contributed by atoms with E-state index in [2.05, 4.69) is 5.32 Å². The number of amides is 1. The number of carbonyl (C=O) groups excluding carboxylic acids is 1. The second kappa shape index (κ2) is 7.45. The molecular weight excluding hydrogens is 285 g/mol. The summed E-state index contributed by atoms with van der Waals surface area (Å²) in [6.45, 7) is 4.72. The highest BCUT2D eigenvalue weighted by Gasteiger charge is 2.11. The Morgan fingerprint density at radius 2 is 1.55 bits per heavy atom. The van der Waals surface area contributed by atoms with E-state index in [0.717, 1.165) is 0 Å². The number of hydrogen-bond acceptors (Lipinski definition) is 3. The summed E-state index contributed by atoms with van der Waals surface area (Å²) in [5, 5.41) is 2.71. The van der Waals surface area contributed by atoms with E-state index in [1.807, 2.05) is 13.8 Å². The molecule has 0 saturated carbocycles. The van der Waals surface area contributed by atoms with E-state index < -0.39 is 0 Å². The first-order valence-corrected chi connectivity index (χ1v) is 7.10. The van der Waals surface area contributed by atoms with Crippen molar-refractivity contribution in [3.63, 3.8) is 0 Å². The molecule has 0 unspecified atom stereocenters. The number of anilines is 1. The normalized spacial score (nSPS) is 10.1. The fourth-order valence-electron chi connectivity index (χ4n) is 1.94. The number of ether oxygens (including phenoxy) is 2. The van der Waals surface area contributed by atoms with Gasteiger partial charge in [0.2, 0.25) is 0 Å². The second-order valence-electron chi connectivity index (χ2n) is 4.52. The lowest BCUT2D eigenvalue weighted by atomic mass is 10.1. The Morgan fingerprint density at radius 1 is 1.00 bits per heavy atom. The molecule has 0 spiro atoms. The van der Waals surface area contributed by atoms with Gasteiger partial charge in [0.05, 0.1) is 13.2 Å². The van der Waals surface area contributed by atoms with Crippen LogP contribution in [0.4, 0.5) is 10.1 Å². The third-order valence-corrected chi connectivity index (χ3v) is 2.87. The van der Waals surface area contributed by atoms with Gasteiger partial charge in [-0.1, -0.05) is 0 Å². The average Bonchev–Trinajstić information content (AvgIpc) is 2.50. The van der Waals surface area contributed by atoms with Crippen LogP contribution in [0.5, 0.6) is 11.5 Å². The Morgan fingerprint density at radius 3 is 2.05 bits per heavy atom. The number of benzene rings is 2. The Hall–Kier alpha value is -2.56. The fourth-order valence-corrected chi connectivity index (χ4v) is 1.94. The molecule has 2 rings (SSSR count). The molecule has 0 fully saturated rings. The Balaban J connectivity index is 2.21. The van der Waals surface area contributed by atoms with Crippen LogP contribution in [0.25, 0.3) is 0 Å². The van der Waals surface area contributed by atoms with Gasteiger partial charge in [0.25, 0.3) is 5.91 Å². The van der Waals surface area contributed by atoms with Crippen LogP contribution in [0.3, 0.4) is 0 Å². The van der Waals surface area contributed by atoms with Gasteiger partial charge in [-0.05, 0) is 50.2 Å². The maximum absolute atomic E-state index is 12.9. The van der Waals surface area contributed by atoms with Crippen molar-refractivity contribution in [1.29, 1.82) is 0 Å². The third-order valence-electron chi connectivity index (χ3n) is 2.87. The summed E-state index contributed by atoms with van der Waals surface area (Å²) in [4.78, 5) is 12.3. The molecule has 0 radical (unpaired) electrons. The van der Waals surface area contributed by atoms with E-state index in [0.29, 0.717) is 36.0 Å². The SMILES string of the molecule is CCOc1cc(OCC)cc(C(=O)Nc2ccc(F)cc2)c1. The maximum Gasteiger partial charge on any atom is 0.255 e. The molecule has 0 heterocycles. The highest BCUT2D eigenvalue weighted by Crippen LogP contribution is 2.24. The van der Waals surface area contributed by atoms with E-state index in [9.17, 15) is 9.18 Å². The summed E-state index contributed by atoms with van der Waals surface area (Å²) >= 11 is 0. The lowest BCUT2D eigenvalue weighted by Gasteiger charge is -2.11.